The van der Waals surface area contributed by atoms with Crippen LogP contribution in [0.1, 0.15) is 50.1 Å². The molecule has 0 aliphatic rings. The Bertz CT molecular complexity index is 421. The van der Waals surface area contributed by atoms with E-state index < -0.39 is 0 Å². The Morgan fingerprint density at radius 1 is 1.29 bits per heavy atom. The molecule has 94 valence electrons. The first-order chi connectivity index (χ1) is 8.10. The number of aromatic nitrogens is 2. The summed E-state index contributed by atoms with van der Waals surface area (Å²) < 4.78 is 2.03. The molecule has 0 saturated heterocycles. The first-order valence-electron chi connectivity index (χ1n) is 6.41. The summed E-state index contributed by atoms with van der Waals surface area (Å²) in [5.41, 5.74) is 9.10. The summed E-state index contributed by atoms with van der Waals surface area (Å²) in [6.45, 7) is 9.31. The summed E-state index contributed by atoms with van der Waals surface area (Å²) in [5, 5.41) is 4.50. The van der Waals surface area contributed by atoms with E-state index in [0.29, 0.717) is 0 Å². The Labute approximate surface area is 104 Å². The summed E-state index contributed by atoms with van der Waals surface area (Å²) in [7, 11) is 0. The fraction of sp³-hybridized carbons (Fsp3) is 0.643. The third-order valence-corrected chi connectivity index (χ3v) is 2.80. The first-order valence-corrected chi connectivity index (χ1v) is 6.41. The van der Waals surface area contributed by atoms with Gasteiger partial charge in [-0.15, -0.1) is 0 Å². The van der Waals surface area contributed by atoms with Crippen LogP contribution in [0.15, 0.2) is 0 Å². The fourth-order valence-corrected chi connectivity index (χ4v) is 1.86. The number of hydrogen-bond donors (Lipinski definition) is 1. The first kappa shape index (κ1) is 13.8. The van der Waals surface area contributed by atoms with Gasteiger partial charge >= 0.3 is 0 Å². The molecular weight excluding hydrogens is 210 g/mol. The molecular formula is C14H23N3. The van der Waals surface area contributed by atoms with Gasteiger partial charge in [0.2, 0.25) is 0 Å². The van der Waals surface area contributed by atoms with Crippen LogP contribution in [0.4, 0.5) is 0 Å². The average Bonchev–Trinajstić information content (AvgIpc) is 2.53. The topological polar surface area (TPSA) is 43.8 Å². The van der Waals surface area contributed by atoms with Gasteiger partial charge in [0, 0.05) is 6.54 Å². The van der Waals surface area contributed by atoms with Gasteiger partial charge in [0.25, 0.3) is 0 Å². The molecule has 3 nitrogen and oxygen atoms in total. The molecule has 0 amide bonds. The third-order valence-electron chi connectivity index (χ3n) is 2.80. The maximum absolute atomic E-state index is 5.90. The second-order valence-corrected chi connectivity index (χ2v) is 4.43. The molecule has 0 saturated carbocycles. The largest absolute Gasteiger partial charge is 0.318 e. The summed E-state index contributed by atoms with van der Waals surface area (Å²) >= 11 is 0. The van der Waals surface area contributed by atoms with Crippen molar-refractivity contribution < 1.29 is 0 Å². The van der Waals surface area contributed by atoms with Gasteiger partial charge in [0.15, 0.2) is 0 Å². The molecule has 1 aromatic heterocycles. The van der Waals surface area contributed by atoms with E-state index in [1.54, 1.807) is 0 Å². The third kappa shape index (κ3) is 3.61. The molecule has 0 aromatic carbocycles. The number of aryl methyl sites for hydroxylation is 2. The zero-order valence-electron chi connectivity index (χ0n) is 11.4. The van der Waals surface area contributed by atoms with Gasteiger partial charge in [-0.2, -0.15) is 5.10 Å². The zero-order chi connectivity index (χ0) is 12.8. The van der Waals surface area contributed by atoms with Gasteiger partial charge in [0.1, 0.15) is 0 Å². The minimum Gasteiger partial charge on any atom is -0.318 e. The zero-order valence-corrected chi connectivity index (χ0v) is 11.4. The Hall–Kier alpha value is -1.27. The van der Waals surface area contributed by atoms with E-state index in [-0.39, 0.29) is 6.04 Å². The quantitative estimate of drug-likeness (QED) is 0.811. The monoisotopic (exact) mass is 233 g/mol. The van der Waals surface area contributed by atoms with Gasteiger partial charge in [-0.3, -0.25) is 4.68 Å². The van der Waals surface area contributed by atoms with E-state index in [2.05, 4.69) is 37.7 Å². The van der Waals surface area contributed by atoms with Crippen molar-refractivity contribution in [3.8, 4) is 11.8 Å². The lowest BCUT2D eigenvalue weighted by atomic mass is 10.1. The van der Waals surface area contributed by atoms with Crippen LogP contribution in [0.2, 0.25) is 0 Å². The molecule has 1 rings (SSSR count). The van der Waals surface area contributed by atoms with Crippen molar-refractivity contribution in [2.45, 2.75) is 59.5 Å². The minimum absolute atomic E-state index is 0.0201. The molecule has 2 N–H and O–H groups in total. The Balaban J connectivity index is 2.90. The van der Waals surface area contributed by atoms with E-state index in [9.17, 15) is 0 Å². The van der Waals surface area contributed by atoms with Gasteiger partial charge in [0.05, 0.1) is 23.0 Å². The van der Waals surface area contributed by atoms with Crippen LogP contribution in [0.3, 0.4) is 0 Å². The normalized spacial score (nSPS) is 12.1. The van der Waals surface area contributed by atoms with E-state index in [1.165, 1.54) is 0 Å². The highest BCUT2D eigenvalue weighted by Gasteiger charge is 2.08. The number of nitrogens with zero attached hydrogens (tertiary/aromatic N) is 2. The molecule has 0 bridgehead atoms. The molecule has 1 atom stereocenters. The van der Waals surface area contributed by atoms with Crippen molar-refractivity contribution in [2.24, 2.45) is 5.73 Å². The maximum atomic E-state index is 5.90. The van der Waals surface area contributed by atoms with E-state index in [1.807, 2.05) is 11.6 Å². The van der Waals surface area contributed by atoms with Gasteiger partial charge in [-0.1, -0.05) is 32.1 Å². The standard InChI is InChI=1S/C14H23N3/c1-5-7-13(15)8-9-14-11(3)16-17(10-6-2)12(14)4/h13H,5-7,10,15H2,1-4H3. The van der Waals surface area contributed by atoms with Gasteiger partial charge in [-0.25, -0.2) is 0 Å². The van der Waals surface area contributed by atoms with Crippen molar-refractivity contribution in [1.29, 1.82) is 0 Å². The maximum Gasteiger partial charge on any atom is 0.0753 e. The van der Waals surface area contributed by atoms with Gasteiger partial charge in [-0.05, 0) is 26.7 Å². The lowest BCUT2D eigenvalue weighted by Crippen LogP contribution is -2.16. The summed E-state index contributed by atoms with van der Waals surface area (Å²) in [5.74, 6) is 6.30. The molecule has 0 spiro atoms. The van der Waals surface area contributed by atoms with Crippen molar-refractivity contribution in [3.63, 3.8) is 0 Å². The van der Waals surface area contributed by atoms with Crippen LogP contribution in [0.5, 0.6) is 0 Å². The molecule has 1 heterocycles. The van der Waals surface area contributed by atoms with Crippen LogP contribution in [0, 0.1) is 25.7 Å². The van der Waals surface area contributed by atoms with Crippen molar-refractivity contribution in [1.82, 2.24) is 9.78 Å². The Morgan fingerprint density at radius 2 is 2.00 bits per heavy atom. The molecule has 0 aliphatic carbocycles. The SMILES string of the molecule is CCCC(N)C#Cc1c(C)nn(CCC)c1C. The fourth-order valence-electron chi connectivity index (χ4n) is 1.86. The number of hydrogen-bond acceptors (Lipinski definition) is 2. The number of rotatable bonds is 4. The molecule has 1 aromatic rings. The highest BCUT2D eigenvalue weighted by Crippen LogP contribution is 2.12. The number of nitrogens with two attached hydrogens (primary N) is 1. The Kier molecular flexibility index (Phi) is 5.24. The van der Waals surface area contributed by atoms with E-state index in [4.69, 9.17) is 5.73 Å². The van der Waals surface area contributed by atoms with E-state index >= 15 is 0 Å². The van der Waals surface area contributed by atoms with Crippen LogP contribution < -0.4 is 5.73 Å². The average molecular weight is 233 g/mol. The van der Waals surface area contributed by atoms with Crippen molar-refractivity contribution >= 4 is 0 Å². The summed E-state index contributed by atoms with van der Waals surface area (Å²) in [4.78, 5) is 0. The predicted molar refractivity (Wildman–Crippen MR) is 71.8 cm³/mol. The van der Waals surface area contributed by atoms with Crippen molar-refractivity contribution in [3.05, 3.63) is 17.0 Å². The second-order valence-electron chi connectivity index (χ2n) is 4.43. The highest BCUT2D eigenvalue weighted by molar-refractivity contribution is 5.42. The van der Waals surface area contributed by atoms with Gasteiger partial charge < -0.3 is 5.73 Å². The minimum atomic E-state index is -0.0201. The molecule has 0 fully saturated rings. The van der Waals surface area contributed by atoms with Crippen LogP contribution in [-0.2, 0) is 6.54 Å². The molecule has 3 heteroatoms. The predicted octanol–water partition coefficient (Wildman–Crippen LogP) is 2.39. The Morgan fingerprint density at radius 3 is 2.59 bits per heavy atom. The molecule has 1 unspecified atom stereocenters. The summed E-state index contributed by atoms with van der Waals surface area (Å²) in [6.07, 6.45) is 3.11. The van der Waals surface area contributed by atoms with Crippen LogP contribution in [0.25, 0.3) is 0 Å². The second kappa shape index (κ2) is 6.46. The molecule has 0 aliphatic heterocycles. The molecule has 17 heavy (non-hydrogen) atoms. The van der Waals surface area contributed by atoms with Crippen LogP contribution >= 0.6 is 0 Å². The highest BCUT2D eigenvalue weighted by atomic mass is 15.3. The molecule has 0 radical (unpaired) electrons. The van der Waals surface area contributed by atoms with Crippen LogP contribution in [-0.4, -0.2) is 15.8 Å². The smallest absolute Gasteiger partial charge is 0.0753 e. The lowest BCUT2D eigenvalue weighted by Gasteiger charge is -2.01. The summed E-state index contributed by atoms with van der Waals surface area (Å²) in [6, 6.07) is -0.0201. The lowest BCUT2D eigenvalue weighted by molar-refractivity contribution is 0.583. The van der Waals surface area contributed by atoms with Crippen molar-refractivity contribution in [2.75, 3.05) is 0 Å². The van der Waals surface area contributed by atoms with E-state index in [0.717, 1.165) is 42.8 Å².